The minimum atomic E-state index is -1.12. The second-order valence-electron chi connectivity index (χ2n) is 9.59. The minimum Gasteiger partial charge on any atom is -0.378 e. The first-order chi connectivity index (χ1) is 17.2. The number of halogens is 3. The van der Waals surface area contributed by atoms with Crippen LogP contribution in [0.15, 0.2) is 41.5 Å². The molecule has 2 aliphatic heterocycles. The van der Waals surface area contributed by atoms with E-state index in [1.54, 1.807) is 11.8 Å². The van der Waals surface area contributed by atoms with Gasteiger partial charge in [-0.05, 0) is 62.1 Å². The highest BCUT2D eigenvalue weighted by molar-refractivity contribution is 8.15. The molecule has 2 fully saturated rings. The number of benzene rings is 1. The van der Waals surface area contributed by atoms with Crippen LogP contribution in [0.4, 0.5) is 13.2 Å². The topological polar surface area (TPSA) is 95.4 Å². The Morgan fingerprint density at radius 3 is 2.72 bits per heavy atom. The summed E-state index contributed by atoms with van der Waals surface area (Å²) in [5.74, 6) is -1.59. The molecule has 1 amide bonds. The molecule has 1 aliphatic carbocycles. The zero-order valence-corrected chi connectivity index (χ0v) is 20.4. The van der Waals surface area contributed by atoms with Crippen molar-refractivity contribution >= 4 is 34.7 Å². The summed E-state index contributed by atoms with van der Waals surface area (Å²) < 4.78 is 42.8. The Morgan fingerprint density at radius 2 is 2.06 bits per heavy atom. The lowest BCUT2D eigenvalue weighted by molar-refractivity contribution is -0.133. The molecule has 10 heteroatoms. The molecule has 3 aliphatic rings. The van der Waals surface area contributed by atoms with E-state index in [9.17, 15) is 13.6 Å². The number of fused-ring (bicyclic) bond motifs is 1. The fourth-order valence-electron chi connectivity index (χ4n) is 5.21. The molecule has 3 heterocycles. The lowest BCUT2D eigenvalue weighted by atomic mass is 9.84. The van der Waals surface area contributed by atoms with Crippen LogP contribution in [-0.2, 0) is 10.3 Å². The van der Waals surface area contributed by atoms with E-state index in [0.29, 0.717) is 43.5 Å². The largest absolute Gasteiger partial charge is 0.378 e. The summed E-state index contributed by atoms with van der Waals surface area (Å²) in [6.07, 6.45) is 2.69. The first-order valence-corrected chi connectivity index (χ1v) is 12.5. The van der Waals surface area contributed by atoms with Crippen LogP contribution < -0.4 is 5.73 Å². The van der Waals surface area contributed by atoms with Gasteiger partial charge in [-0.25, -0.2) is 13.2 Å². The van der Waals surface area contributed by atoms with E-state index in [4.69, 9.17) is 11.0 Å². The van der Waals surface area contributed by atoms with Gasteiger partial charge >= 0.3 is 0 Å². The van der Waals surface area contributed by atoms with Gasteiger partial charge in [0, 0.05) is 30.8 Å². The number of nitriles is 1. The van der Waals surface area contributed by atoms with Crippen LogP contribution in [0.25, 0.3) is 11.9 Å². The summed E-state index contributed by atoms with van der Waals surface area (Å²) in [4.78, 5) is 23.7. The fourth-order valence-corrected chi connectivity index (χ4v) is 6.66. The molecule has 0 bridgehead atoms. The first kappa shape index (κ1) is 24.4. The molecule has 0 spiro atoms. The zero-order valence-electron chi connectivity index (χ0n) is 19.5. The third-order valence-electron chi connectivity index (χ3n) is 7.26. The lowest BCUT2D eigenvalue weighted by Crippen LogP contribution is -2.48. The van der Waals surface area contributed by atoms with Crippen LogP contribution in [0.5, 0.6) is 0 Å². The highest BCUT2D eigenvalue weighted by Crippen LogP contribution is 2.66. The summed E-state index contributed by atoms with van der Waals surface area (Å²) in [6, 6.07) is 9.00. The van der Waals surface area contributed by atoms with Gasteiger partial charge in [0.05, 0.1) is 16.8 Å². The standard InChI is InChI=1S/C26H24F3N5OS/c1-25(22-12-26(22,36-24(31)33-25)23(35)34-8-6-17(27)7-9-34)18-10-15(2-4-19(18)28)11-20(29)21-5-3-16(13-30)14-32-21/h2-5,10-11,14,17,22H,6-9,12H2,1H3,(H2,31,33)/t22-,25+,26-/m0/s1. The molecule has 1 saturated heterocycles. The van der Waals surface area contributed by atoms with E-state index in [0.717, 1.165) is 0 Å². The van der Waals surface area contributed by atoms with Crippen molar-refractivity contribution < 1.29 is 18.0 Å². The number of aromatic nitrogens is 1. The van der Waals surface area contributed by atoms with E-state index in [2.05, 4.69) is 9.98 Å². The summed E-state index contributed by atoms with van der Waals surface area (Å²) >= 11 is 1.20. The van der Waals surface area contributed by atoms with Crippen molar-refractivity contribution in [2.75, 3.05) is 13.1 Å². The molecule has 2 aromatic rings. The number of nitrogens with zero attached hydrogens (tertiary/aromatic N) is 4. The minimum absolute atomic E-state index is 0.0475. The molecule has 1 aromatic carbocycles. The number of amides is 1. The van der Waals surface area contributed by atoms with Crippen LogP contribution in [0, 0.1) is 23.1 Å². The number of piperidine rings is 1. The summed E-state index contributed by atoms with van der Waals surface area (Å²) in [7, 11) is 0. The molecule has 36 heavy (non-hydrogen) atoms. The van der Waals surface area contributed by atoms with Crippen molar-refractivity contribution in [1.82, 2.24) is 9.88 Å². The average molecular weight is 512 g/mol. The normalized spacial score (nSPS) is 28.2. The van der Waals surface area contributed by atoms with E-state index in [1.165, 1.54) is 54.4 Å². The average Bonchev–Trinajstić information content (AvgIpc) is 3.62. The summed E-state index contributed by atoms with van der Waals surface area (Å²) in [5.41, 5.74) is 6.02. The van der Waals surface area contributed by atoms with Crippen molar-refractivity contribution in [1.29, 1.82) is 5.26 Å². The highest BCUT2D eigenvalue weighted by atomic mass is 32.2. The molecule has 0 radical (unpaired) electrons. The van der Waals surface area contributed by atoms with Gasteiger partial charge < -0.3 is 10.6 Å². The molecule has 1 saturated carbocycles. The number of pyridine rings is 1. The van der Waals surface area contributed by atoms with Crippen LogP contribution in [0.3, 0.4) is 0 Å². The second kappa shape index (κ2) is 8.96. The van der Waals surface area contributed by atoms with Gasteiger partial charge in [0.1, 0.15) is 28.6 Å². The Kier molecular flexibility index (Phi) is 6.07. The van der Waals surface area contributed by atoms with Crippen LogP contribution in [0.2, 0.25) is 0 Å². The van der Waals surface area contributed by atoms with E-state index in [1.807, 2.05) is 6.07 Å². The number of hydrogen-bond acceptors (Lipinski definition) is 6. The molecule has 186 valence electrons. The molecule has 2 N–H and O–H groups in total. The van der Waals surface area contributed by atoms with Gasteiger partial charge in [0.2, 0.25) is 5.91 Å². The molecule has 3 atom stereocenters. The molecule has 1 aromatic heterocycles. The molecule has 6 nitrogen and oxygen atoms in total. The monoisotopic (exact) mass is 511 g/mol. The Morgan fingerprint density at radius 1 is 1.31 bits per heavy atom. The van der Waals surface area contributed by atoms with Crippen molar-refractivity contribution in [2.24, 2.45) is 16.6 Å². The number of carbonyl (C=O) groups is 1. The number of aliphatic imine (C=N–C) groups is 1. The van der Waals surface area contributed by atoms with Gasteiger partial charge in [0.25, 0.3) is 0 Å². The SMILES string of the molecule is C[C@]1(c2cc(C=C(F)c3ccc(C#N)cn3)ccc2F)N=C(N)S[C@@]2(C(=O)N3CCC(F)CC3)C[C@H]21. The van der Waals surface area contributed by atoms with Gasteiger partial charge in [-0.3, -0.25) is 14.8 Å². The highest BCUT2D eigenvalue weighted by Gasteiger charge is 2.71. The van der Waals surface area contributed by atoms with E-state index >= 15 is 4.39 Å². The van der Waals surface area contributed by atoms with Gasteiger partial charge in [-0.2, -0.15) is 5.26 Å². The smallest absolute Gasteiger partial charge is 0.239 e. The van der Waals surface area contributed by atoms with Crippen molar-refractivity contribution in [3.63, 3.8) is 0 Å². The van der Waals surface area contributed by atoms with Gasteiger partial charge in [-0.1, -0.05) is 17.8 Å². The van der Waals surface area contributed by atoms with Crippen molar-refractivity contribution in [3.05, 3.63) is 64.7 Å². The van der Waals surface area contributed by atoms with Crippen LogP contribution in [0.1, 0.15) is 48.6 Å². The van der Waals surface area contributed by atoms with Crippen molar-refractivity contribution in [2.45, 2.75) is 42.6 Å². The summed E-state index contributed by atoms with van der Waals surface area (Å²) in [6.45, 7) is 2.44. The van der Waals surface area contributed by atoms with Crippen LogP contribution >= 0.6 is 11.8 Å². The number of thioether (sulfide) groups is 1. The number of likely N-dealkylation sites (tertiary alicyclic amines) is 1. The van der Waals surface area contributed by atoms with Crippen LogP contribution in [-0.4, -0.2) is 45.0 Å². The summed E-state index contributed by atoms with van der Waals surface area (Å²) in [5, 5.41) is 9.08. The zero-order chi connectivity index (χ0) is 25.7. The van der Waals surface area contributed by atoms with E-state index < -0.39 is 28.1 Å². The molecular weight excluding hydrogens is 487 g/mol. The predicted molar refractivity (Wildman–Crippen MR) is 132 cm³/mol. The van der Waals surface area contributed by atoms with Gasteiger partial charge in [-0.15, -0.1) is 0 Å². The first-order valence-electron chi connectivity index (χ1n) is 11.7. The predicted octanol–water partition coefficient (Wildman–Crippen LogP) is 4.56. The Hall–Kier alpha value is -3.32. The maximum absolute atomic E-state index is 15.2. The maximum Gasteiger partial charge on any atom is 0.239 e. The molecule has 0 unspecified atom stereocenters. The molecule has 5 rings (SSSR count). The second-order valence-corrected chi connectivity index (χ2v) is 10.9. The fraction of sp³-hybridized carbons (Fsp3) is 0.385. The number of nitrogens with two attached hydrogens (primary N) is 1. The Balaban J connectivity index is 1.45. The van der Waals surface area contributed by atoms with E-state index in [-0.39, 0.29) is 28.3 Å². The number of alkyl halides is 1. The Bertz CT molecular complexity index is 1320. The number of amidine groups is 1. The lowest BCUT2D eigenvalue weighted by Gasteiger charge is -2.37. The Labute approximate surface area is 211 Å². The van der Waals surface area contributed by atoms with Gasteiger partial charge in [0.15, 0.2) is 5.17 Å². The maximum atomic E-state index is 15.2. The third-order valence-corrected chi connectivity index (χ3v) is 8.55. The third kappa shape index (κ3) is 4.15. The number of rotatable bonds is 4. The number of carbonyl (C=O) groups excluding carboxylic acids is 1. The van der Waals surface area contributed by atoms with Crippen molar-refractivity contribution in [3.8, 4) is 6.07 Å². The molecular formula is C26H24F3N5OS. The quantitative estimate of drug-likeness (QED) is 0.650. The number of hydrogen-bond donors (Lipinski definition) is 1.